The maximum absolute atomic E-state index is 4.77. The normalized spacial score (nSPS) is 13.2. The molecule has 1 aliphatic carbocycles. The summed E-state index contributed by atoms with van der Waals surface area (Å²) in [4.78, 5) is 4.77. The standard InChI is InChI=1S/C28H23NS/c1-17(2)14-18-12-13-29-24(15-18)21-9-5-11-25-27(21)23-16-20-8-3-6-19-7-4-10-22(26(19)20)28(23)30-25/h3-5,7-13,15-17H,6,14H2,1-2H3. The summed E-state index contributed by atoms with van der Waals surface area (Å²) in [5, 5.41) is 5.51. The van der Waals surface area contributed by atoms with E-state index in [1.54, 1.807) is 0 Å². The highest BCUT2D eigenvalue weighted by Crippen LogP contribution is 2.45. The van der Waals surface area contributed by atoms with Gasteiger partial charge in [0.15, 0.2) is 0 Å². The summed E-state index contributed by atoms with van der Waals surface area (Å²) in [6, 6.07) is 20.3. The fraction of sp³-hybridized carbons (Fsp3) is 0.179. The van der Waals surface area contributed by atoms with Crippen molar-refractivity contribution in [1.82, 2.24) is 4.98 Å². The molecular formula is C28H23NS. The van der Waals surface area contributed by atoms with Crippen molar-refractivity contribution >= 4 is 48.4 Å². The van der Waals surface area contributed by atoms with E-state index in [1.165, 1.54) is 53.2 Å². The molecule has 6 rings (SSSR count). The third-order valence-electron chi connectivity index (χ3n) is 6.12. The molecule has 2 aromatic heterocycles. The largest absolute Gasteiger partial charge is 0.256 e. The van der Waals surface area contributed by atoms with Gasteiger partial charge in [0.05, 0.1) is 5.69 Å². The maximum Gasteiger partial charge on any atom is 0.0711 e. The van der Waals surface area contributed by atoms with Gasteiger partial charge in [0.1, 0.15) is 0 Å². The highest BCUT2D eigenvalue weighted by Gasteiger charge is 2.17. The molecule has 0 saturated heterocycles. The van der Waals surface area contributed by atoms with Crippen molar-refractivity contribution in [3.8, 4) is 11.3 Å². The zero-order valence-electron chi connectivity index (χ0n) is 17.3. The number of benzene rings is 3. The first-order valence-corrected chi connectivity index (χ1v) is 11.5. The molecule has 2 heteroatoms. The van der Waals surface area contributed by atoms with Gasteiger partial charge in [-0.2, -0.15) is 0 Å². The fourth-order valence-electron chi connectivity index (χ4n) is 4.92. The molecule has 0 amide bonds. The first kappa shape index (κ1) is 17.9. The minimum Gasteiger partial charge on any atom is -0.256 e. The number of pyridine rings is 1. The second kappa shape index (κ2) is 6.78. The third kappa shape index (κ3) is 2.71. The fourth-order valence-corrected chi connectivity index (χ4v) is 6.16. The summed E-state index contributed by atoms with van der Waals surface area (Å²) in [6.45, 7) is 4.54. The Morgan fingerprint density at radius 3 is 2.77 bits per heavy atom. The SMILES string of the molecule is CC(C)Cc1ccnc(-c2cccc3sc4c5cccc6c5c(cc4c23)C=CC6)c1. The molecule has 0 unspecified atom stereocenters. The second-order valence-corrected chi connectivity index (χ2v) is 9.77. The number of hydrogen-bond acceptors (Lipinski definition) is 2. The molecule has 0 fully saturated rings. The molecule has 0 spiro atoms. The number of aromatic nitrogens is 1. The van der Waals surface area contributed by atoms with Crippen LogP contribution in [0.2, 0.25) is 0 Å². The number of thiophene rings is 1. The topological polar surface area (TPSA) is 12.9 Å². The Morgan fingerprint density at radius 1 is 0.967 bits per heavy atom. The quantitative estimate of drug-likeness (QED) is 0.296. The first-order valence-electron chi connectivity index (χ1n) is 10.7. The summed E-state index contributed by atoms with van der Waals surface area (Å²) < 4.78 is 2.73. The van der Waals surface area contributed by atoms with Gasteiger partial charge in [-0.3, -0.25) is 4.98 Å². The molecule has 146 valence electrons. The lowest BCUT2D eigenvalue weighted by Gasteiger charge is -2.14. The molecule has 0 atom stereocenters. The Morgan fingerprint density at radius 2 is 1.87 bits per heavy atom. The van der Waals surface area contributed by atoms with Crippen LogP contribution >= 0.6 is 11.3 Å². The van der Waals surface area contributed by atoms with E-state index in [0.29, 0.717) is 5.92 Å². The predicted molar refractivity (Wildman–Crippen MR) is 131 cm³/mol. The minimum atomic E-state index is 0.637. The zero-order valence-corrected chi connectivity index (χ0v) is 18.1. The van der Waals surface area contributed by atoms with Gasteiger partial charge < -0.3 is 0 Å². The number of allylic oxidation sites excluding steroid dienone is 1. The minimum absolute atomic E-state index is 0.637. The molecule has 5 aromatic rings. The van der Waals surface area contributed by atoms with Crippen LogP contribution < -0.4 is 0 Å². The monoisotopic (exact) mass is 405 g/mol. The molecule has 30 heavy (non-hydrogen) atoms. The van der Waals surface area contributed by atoms with E-state index in [1.807, 2.05) is 17.5 Å². The molecule has 1 nitrogen and oxygen atoms in total. The molecule has 1 aliphatic rings. The van der Waals surface area contributed by atoms with Crippen molar-refractivity contribution in [3.63, 3.8) is 0 Å². The maximum atomic E-state index is 4.77. The van der Waals surface area contributed by atoms with Crippen LogP contribution in [0.3, 0.4) is 0 Å². The molecule has 0 bridgehead atoms. The van der Waals surface area contributed by atoms with Gasteiger partial charge >= 0.3 is 0 Å². The van der Waals surface area contributed by atoms with Gasteiger partial charge in [0.2, 0.25) is 0 Å². The smallest absolute Gasteiger partial charge is 0.0711 e. The summed E-state index contributed by atoms with van der Waals surface area (Å²) in [5.74, 6) is 0.637. The van der Waals surface area contributed by atoms with E-state index in [9.17, 15) is 0 Å². The Hall–Kier alpha value is -2.97. The van der Waals surface area contributed by atoms with E-state index in [-0.39, 0.29) is 0 Å². The average Bonchev–Trinajstić information content (AvgIpc) is 3.13. The molecule has 0 N–H and O–H groups in total. The van der Waals surface area contributed by atoms with E-state index in [2.05, 4.69) is 80.6 Å². The van der Waals surface area contributed by atoms with Gasteiger partial charge in [-0.1, -0.05) is 56.3 Å². The van der Waals surface area contributed by atoms with E-state index < -0.39 is 0 Å². The van der Waals surface area contributed by atoms with Gasteiger partial charge in [0, 0.05) is 37.3 Å². The van der Waals surface area contributed by atoms with Crippen LogP contribution in [-0.4, -0.2) is 4.98 Å². The van der Waals surface area contributed by atoms with E-state index in [4.69, 9.17) is 4.98 Å². The average molecular weight is 406 g/mol. The highest BCUT2D eigenvalue weighted by atomic mass is 32.1. The van der Waals surface area contributed by atoms with Crippen molar-refractivity contribution in [2.45, 2.75) is 26.7 Å². The van der Waals surface area contributed by atoms with Crippen LogP contribution in [0.4, 0.5) is 0 Å². The van der Waals surface area contributed by atoms with Gasteiger partial charge in [-0.15, -0.1) is 11.3 Å². The van der Waals surface area contributed by atoms with Crippen LogP contribution in [0, 0.1) is 5.92 Å². The Balaban J connectivity index is 1.68. The number of nitrogens with zero attached hydrogens (tertiary/aromatic N) is 1. The molecule has 0 radical (unpaired) electrons. The lowest BCUT2D eigenvalue weighted by molar-refractivity contribution is 0.647. The van der Waals surface area contributed by atoms with Crippen LogP contribution in [0.25, 0.3) is 48.3 Å². The number of fused-ring (bicyclic) bond motifs is 4. The lowest BCUT2D eigenvalue weighted by atomic mass is 9.91. The van der Waals surface area contributed by atoms with Crippen LogP contribution in [-0.2, 0) is 12.8 Å². The van der Waals surface area contributed by atoms with Crippen LogP contribution in [0.1, 0.15) is 30.5 Å². The molecule has 3 aromatic carbocycles. The molecule has 0 aliphatic heterocycles. The predicted octanol–water partition coefficient (Wildman–Crippen LogP) is 8.04. The Labute approximate surface area is 180 Å². The molecular weight excluding hydrogens is 382 g/mol. The van der Waals surface area contributed by atoms with Crippen molar-refractivity contribution in [1.29, 1.82) is 0 Å². The van der Waals surface area contributed by atoms with Crippen molar-refractivity contribution < 1.29 is 0 Å². The van der Waals surface area contributed by atoms with E-state index >= 15 is 0 Å². The van der Waals surface area contributed by atoms with E-state index in [0.717, 1.165) is 18.5 Å². The zero-order chi connectivity index (χ0) is 20.2. The van der Waals surface area contributed by atoms with Gasteiger partial charge in [0.25, 0.3) is 0 Å². The second-order valence-electron chi connectivity index (χ2n) is 8.72. The molecule has 2 heterocycles. The Kier molecular flexibility index (Phi) is 4.04. The van der Waals surface area contributed by atoms with Crippen molar-refractivity contribution in [3.05, 3.63) is 83.6 Å². The summed E-state index contributed by atoms with van der Waals surface area (Å²) in [7, 11) is 0. The van der Waals surface area contributed by atoms with Gasteiger partial charge in [-0.05, 0) is 65.1 Å². The van der Waals surface area contributed by atoms with Crippen LogP contribution in [0.5, 0.6) is 0 Å². The summed E-state index contributed by atoms with van der Waals surface area (Å²) >= 11 is 1.91. The highest BCUT2D eigenvalue weighted by molar-refractivity contribution is 7.26. The third-order valence-corrected chi connectivity index (χ3v) is 7.32. The van der Waals surface area contributed by atoms with Crippen LogP contribution in [0.15, 0.2) is 66.9 Å². The molecule has 0 saturated carbocycles. The van der Waals surface area contributed by atoms with Crippen molar-refractivity contribution in [2.24, 2.45) is 5.92 Å². The lowest BCUT2D eigenvalue weighted by Crippen LogP contribution is -1.95. The van der Waals surface area contributed by atoms with Gasteiger partial charge in [-0.25, -0.2) is 0 Å². The van der Waals surface area contributed by atoms with Crippen molar-refractivity contribution in [2.75, 3.05) is 0 Å². The summed E-state index contributed by atoms with van der Waals surface area (Å²) in [5.41, 5.74) is 6.46. The summed E-state index contributed by atoms with van der Waals surface area (Å²) in [6.07, 6.45) is 8.66. The first-order chi connectivity index (χ1) is 14.7. The Bertz CT molecular complexity index is 1470. The number of hydrogen-bond donors (Lipinski definition) is 0. The number of rotatable bonds is 3.